The highest BCUT2D eigenvalue weighted by Crippen LogP contribution is 2.20. The third-order valence-corrected chi connectivity index (χ3v) is 2.04. The molecule has 0 saturated heterocycles. The van der Waals surface area contributed by atoms with Gasteiger partial charge in [0.25, 0.3) is 0 Å². The van der Waals surface area contributed by atoms with Crippen LogP contribution in [0.15, 0.2) is 24.3 Å². The Balaban J connectivity index is 3.00. The molecule has 5 nitrogen and oxygen atoms in total. The summed E-state index contributed by atoms with van der Waals surface area (Å²) in [5, 5.41) is 9.44. The van der Waals surface area contributed by atoms with Crippen LogP contribution in [0.4, 0.5) is 0 Å². The van der Waals surface area contributed by atoms with Gasteiger partial charge in [-0.3, -0.25) is 0 Å². The highest BCUT2D eigenvalue weighted by atomic mass is 16.5. The van der Waals surface area contributed by atoms with Crippen molar-refractivity contribution in [1.82, 2.24) is 0 Å². The van der Waals surface area contributed by atoms with Gasteiger partial charge in [0.15, 0.2) is 0 Å². The van der Waals surface area contributed by atoms with Gasteiger partial charge in [0.05, 0.1) is 14.2 Å². The Hall–Kier alpha value is -2.30. The molecule has 0 atom stereocenters. The maximum atomic E-state index is 11.3. The lowest BCUT2D eigenvalue weighted by Crippen LogP contribution is -2.01. The fourth-order valence-corrected chi connectivity index (χ4v) is 1.16. The van der Waals surface area contributed by atoms with E-state index in [4.69, 9.17) is 0 Å². The molecule has 1 rings (SSSR count). The van der Waals surface area contributed by atoms with Crippen molar-refractivity contribution in [3.05, 3.63) is 35.4 Å². The Labute approximate surface area is 98.3 Å². The summed E-state index contributed by atoms with van der Waals surface area (Å²) in [5.74, 6) is -1.32. The first-order valence-electron chi connectivity index (χ1n) is 4.76. The van der Waals surface area contributed by atoms with Gasteiger partial charge in [-0.05, 0) is 23.8 Å². The van der Waals surface area contributed by atoms with Crippen molar-refractivity contribution >= 4 is 18.0 Å². The smallest absolute Gasteiger partial charge is 0.341 e. The van der Waals surface area contributed by atoms with E-state index < -0.39 is 11.9 Å². The number of hydrogen-bond donors (Lipinski definition) is 1. The third kappa shape index (κ3) is 3.34. The monoisotopic (exact) mass is 236 g/mol. The van der Waals surface area contributed by atoms with Gasteiger partial charge in [-0.2, -0.15) is 0 Å². The van der Waals surface area contributed by atoms with Crippen molar-refractivity contribution in [3.63, 3.8) is 0 Å². The van der Waals surface area contributed by atoms with Crippen LogP contribution in [0.1, 0.15) is 15.9 Å². The SMILES string of the molecule is COC(=O)C=Cc1ccc(O)c(C(=O)OC)c1. The molecule has 0 spiro atoms. The van der Waals surface area contributed by atoms with E-state index in [-0.39, 0.29) is 11.3 Å². The van der Waals surface area contributed by atoms with Gasteiger partial charge >= 0.3 is 11.9 Å². The number of phenolic OH excluding ortho intramolecular Hbond substituents is 1. The van der Waals surface area contributed by atoms with Gasteiger partial charge in [-0.25, -0.2) is 9.59 Å². The summed E-state index contributed by atoms with van der Waals surface area (Å²) in [6.07, 6.45) is 2.69. The van der Waals surface area contributed by atoms with Crippen LogP contribution in [0.25, 0.3) is 6.08 Å². The standard InChI is InChI=1S/C12H12O5/c1-16-11(14)6-4-8-3-5-10(13)9(7-8)12(15)17-2/h3-7,13H,1-2H3. The van der Waals surface area contributed by atoms with E-state index in [1.807, 2.05) is 0 Å². The van der Waals surface area contributed by atoms with Gasteiger partial charge in [-0.15, -0.1) is 0 Å². The molecule has 0 heterocycles. The number of benzene rings is 1. The minimum Gasteiger partial charge on any atom is -0.507 e. The summed E-state index contributed by atoms with van der Waals surface area (Å²) in [6, 6.07) is 4.32. The molecule has 90 valence electrons. The van der Waals surface area contributed by atoms with Crippen LogP contribution in [-0.4, -0.2) is 31.3 Å². The topological polar surface area (TPSA) is 72.8 Å². The lowest BCUT2D eigenvalue weighted by Gasteiger charge is -2.03. The molecule has 0 unspecified atom stereocenters. The number of carbonyl (C=O) groups is 2. The molecular weight excluding hydrogens is 224 g/mol. The second kappa shape index (κ2) is 5.69. The molecule has 0 bridgehead atoms. The van der Waals surface area contributed by atoms with E-state index in [1.54, 1.807) is 6.07 Å². The van der Waals surface area contributed by atoms with Crippen LogP contribution in [-0.2, 0) is 14.3 Å². The summed E-state index contributed by atoms with van der Waals surface area (Å²) in [5.41, 5.74) is 0.619. The molecule has 0 aliphatic heterocycles. The van der Waals surface area contributed by atoms with Crippen LogP contribution >= 0.6 is 0 Å². The third-order valence-electron chi connectivity index (χ3n) is 2.04. The van der Waals surface area contributed by atoms with Crippen molar-refractivity contribution in [3.8, 4) is 5.75 Å². The average Bonchev–Trinajstić information content (AvgIpc) is 2.36. The summed E-state index contributed by atoms with van der Waals surface area (Å²) >= 11 is 0. The predicted molar refractivity (Wildman–Crippen MR) is 60.5 cm³/mol. The number of hydrogen-bond acceptors (Lipinski definition) is 5. The minimum atomic E-state index is -0.643. The summed E-state index contributed by atoms with van der Waals surface area (Å²) in [7, 11) is 2.49. The van der Waals surface area contributed by atoms with Crippen LogP contribution in [0, 0.1) is 0 Å². The molecule has 1 aromatic carbocycles. The van der Waals surface area contributed by atoms with Gasteiger partial charge in [0, 0.05) is 6.08 Å². The second-order valence-electron chi connectivity index (χ2n) is 3.12. The highest BCUT2D eigenvalue weighted by Gasteiger charge is 2.11. The van der Waals surface area contributed by atoms with Crippen LogP contribution in [0.3, 0.4) is 0 Å². The Morgan fingerprint density at radius 3 is 2.53 bits per heavy atom. The molecule has 0 saturated carbocycles. The molecule has 0 radical (unpaired) electrons. The number of methoxy groups -OCH3 is 2. The first-order valence-corrected chi connectivity index (χ1v) is 4.76. The Bertz CT molecular complexity index is 462. The Morgan fingerprint density at radius 1 is 1.24 bits per heavy atom. The first kappa shape index (κ1) is 12.8. The van der Waals surface area contributed by atoms with Gasteiger partial charge in [0.1, 0.15) is 11.3 Å². The molecule has 0 aliphatic rings. The number of aromatic hydroxyl groups is 1. The maximum Gasteiger partial charge on any atom is 0.341 e. The average molecular weight is 236 g/mol. The van der Waals surface area contributed by atoms with Crippen molar-refractivity contribution < 1.29 is 24.2 Å². The zero-order valence-corrected chi connectivity index (χ0v) is 9.47. The normalized spacial score (nSPS) is 10.2. The van der Waals surface area contributed by atoms with Crippen molar-refractivity contribution in [2.24, 2.45) is 0 Å². The number of rotatable bonds is 3. The first-order chi connectivity index (χ1) is 8.08. The number of ether oxygens (including phenoxy) is 2. The van der Waals surface area contributed by atoms with E-state index in [2.05, 4.69) is 9.47 Å². The van der Waals surface area contributed by atoms with E-state index >= 15 is 0 Å². The largest absolute Gasteiger partial charge is 0.507 e. The lowest BCUT2D eigenvalue weighted by molar-refractivity contribution is -0.134. The van der Waals surface area contributed by atoms with Crippen molar-refractivity contribution in [2.45, 2.75) is 0 Å². The van der Waals surface area contributed by atoms with Gasteiger partial charge < -0.3 is 14.6 Å². The fraction of sp³-hybridized carbons (Fsp3) is 0.167. The van der Waals surface area contributed by atoms with Crippen LogP contribution < -0.4 is 0 Å². The molecule has 0 amide bonds. The molecule has 0 aromatic heterocycles. The fourth-order valence-electron chi connectivity index (χ4n) is 1.16. The van der Waals surface area contributed by atoms with E-state index in [0.29, 0.717) is 5.56 Å². The van der Waals surface area contributed by atoms with Crippen molar-refractivity contribution in [1.29, 1.82) is 0 Å². The van der Waals surface area contributed by atoms with E-state index in [1.165, 1.54) is 38.5 Å². The zero-order valence-electron chi connectivity index (χ0n) is 9.47. The predicted octanol–water partition coefficient (Wildman–Crippen LogP) is 1.36. The maximum absolute atomic E-state index is 11.3. The zero-order chi connectivity index (χ0) is 12.8. The van der Waals surface area contributed by atoms with Crippen LogP contribution in [0.5, 0.6) is 5.75 Å². The molecule has 0 aliphatic carbocycles. The van der Waals surface area contributed by atoms with E-state index in [0.717, 1.165) is 0 Å². The van der Waals surface area contributed by atoms with E-state index in [9.17, 15) is 14.7 Å². The van der Waals surface area contributed by atoms with Gasteiger partial charge in [0.2, 0.25) is 0 Å². The molecule has 1 aromatic rings. The highest BCUT2D eigenvalue weighted by molar-refractivity contribution is 5.93. The summed E-state index contributed by atoms with van der Waals surface area (Å²) in [4.78, 5) is 22.2. The minimum absolute atomic E-state index is 0.0412. The number of esters is 2. The summed E-state index contributed by atoms with van der Waals surface area (Å²) < 4.78 is 8.93. The lowest BCUT2D eigenvalue weighted by atomic mass is 10.1. The number of phenols is 1. The molecule has 5 heteroatoms. The van der Waals surface area contributed by atoms with Crippen molar-refractivity contribution in [2.75, 3.05) is 14.2 Å². The van der Waals surface area contributed by atoms with Crippen LogP contribution in [0.2, 0.25) is 0 Å². The molecule has 17 heavy (non-hydrogen) atoms. The number of carbonyl (C=O) groups excluding carboxylic acids is 2. The second-order valence-corrected chi connectivity index (χ2v) is 3.12. The molecule has 0 fully saturated rings. The summed E-state index contributed by atoms with van der Waals surface area (Å²) in [6.45, 7) is 0. The Kier molecular flexibility index (Phi) is 4.28. The molecule has 1 N–H and O–H groups in total. The molecular formula is C12H12O5. The Morgan fingerprint density at radius 2 is 1.94 bits per heavy atom. The van der Waals surface area contributed by atoms with Gasteiger partial charge in [-0.1, -0.05) is 6.07 Å². The quantitative estimate of drug-likeness (QED) is 0.633.